The monoisotopic (exact) mass is 698 g/mol. The molecule has 0 radical (unpaired) electrons. The average Bonchev–Trinajstić information content (AvgIpc) is 3.11. The highest BCUT2D eigenvalue weighted by molar-refractivity contribution is 7.89. The fraction of sp³-hybridized carbons (Fsp3) is 0.444. The van der Waals surface area contributed by atoms with Gasteiger partial charge in [0.15, 0.2) is 0 Å². The number of sulfonamides is 1. The number of rotatable bonds is 13. The summed E-state index contributed by atoms with van der Waals surface area (Å²) >= 11 is 0. The predicted octanol–water partition coefficient (Wildman–Crippen LogP) is 4.86. The Balaban J connectivity index is 1.44. The lowest BCUT2D eigenvalue weighted by atomic mass is 9.69. The van der Waals surface area contributed by atoms with Gasteiger partial charge >= 0.3 is 6.09 Å². The lowest BCUT2D eigenvalue weighted by Crippen LogP contribution is -2.60. The number of amides is 1. The SMILES string of the molecule is COC(=O)N[C@@](C=O)(CNc1cccc(F)c1CC[C@H]1CNC[C@@H](C)N1S(=O)(=O)c1ccccc1)[C@@H](c1ccc(F)cc1)C1CCOCC1. The number of ether oxygens (including phenoxy) is 2. The maximum absolute atomic E-state index is 15.6. The van der Waals surface area contributed by atoms with Crippen LogP contribution in [0.1, 0.15) is 43.2 Å². The van der Waals surface area contributed by atoms with Crippen LogP contribution < -0.4 is 16.0 Å². The standard InChI is InChI=1S/C36H44F2N4O6S/c1-25-21-39-22-29(42(25)49(45,46)30-7-4-3-5-8-30)15-16-31-32(38)9-6-10-33(31)40-23-36(24-43,41-35(44)47-2)34(27-17-19-48-20-18-27)26-11-13-28(37)14-12-26/h3-14,24-25,27,29,34,39-40H,15-23H2,1-2H3,(H,41,44)/t25-,29+,34+,36-/m1/s1. The van der Waals surface area contributed by atoms with Gasteiger partial charge in [0.1, 0.15) is 23.5 Å². The summed E-state index contributed by atoms with van der Waals surface area (Å²) in [5, 5.41) is 9.32. The van der Waals surface area contributed by atoms with Gasteiger partial charge in [-0.15, -0.1) is 0 Å². The second-order valence-corrected chi connectivity index (χ2v) is 14.6. The van der Waals surface area contributed by atoms with Gasteiger partial charge < -0.3 is 30.2 Å². The Kier molecular flexibility index (Phi) is 12.0. The molecule has 264 valence electrons. The van der Waals surface area contributed by atoms with E-state index in [4.69, 9.17) is 9.47 Å². The van der Waals surface area contributed by atoms with E-state index in [2.05, 4.69) is 16.0 Å². The van der Waals surface area contributed by atoms with E-state index >= 15 is 4.39 Å². The third kappa shape index (κ3) is 8.29. The number of hydrogen-bond donors (Lipinski definition) is 3. The highest BCUT2D eigenvalue weighted by atomic mass is 32.2. The summed E-state index contributed by atoms with van der Waals surface area (Å²) in [6.45, 7) is 3.51. The summed E-state index contributed by atoms with van der Waals surface area (Å²) in [5.74, 6) is -1.65. The maximum Gasteiger partial charge on any atom is 0.407 e. The molecule has 13 heteroatoms. The number of benzene rings is 3. The highest BCUT2D eigenvalue weighted by Crippen LogP contribution is 2.40. The van der Waals surface area contributed by atoms with Crippen LogP contribution in [0, 0.1) is 17.6 Å². The van der Waals surface area contributed by atoms with Crippen LogP contribution in [0.4, 0.5) is 19.3 Å². The zero-order valence-electron chi connectivity index (χ0n) is 27.7. The van der Waals surface area contributed by atoms with Gasteiger partial charge in [0.05, 0.1) is 12.0 Å². The largest absolute Gasteiger partial charge is 0.453 e. The van der Waals surface area contributed by atoms with E-state index < -0.39 is 45.2 Å². The summed E-state index contributed by atoms with van der Waals surface area (Å²) < 4.78 is 69.2. The minimum absolute atomic E-state index is 0.117. The van der Waals surface area contributed by atoms with Crippen molar-refractivity contribution in [2.45, 2.75) is 61.0 Å². The second kappa shape index (κ2) is 16.2. The van der Waals surface area contributed by atoms with Crippen molar-refractivity contribution >= 4 is 28.1 Å². The number of methoxy groups -OCH3 is 1. The van der Waals surface area contributed by atoms with Crippen LogP contribution >= 0.6 is 0 Å². The first kappa shape index (κ1) is 36.4. The van der Waals surface area contributed by atoms with E-state index in [1.54, 1.807) is 54.6 Å². The Morgan fingerprint density at radius 1 is 1.06 bits per heavy atom. The number of piperazine rings is 1. The van der Waals surface area contributed by atoms with Crippen molar-refractivity contribution in [1.29, 1.82) is 0 Å². The molecule has 0 bridgehead atoms. The van der Waals surface area contributed by atoms with Crippen molar-refractivity contribution < 1.29 is 36.3 Å². The van der Waals surface area contributed by atoms with Crippen LogP contribution in [-0.4, -0.2) is 82.7 Å². The molecule has 2 aliphatic heterocycles. The lowest BCUT2D eigenvalue weighted by molar-refractivity contribution is -0.114. The fourth-order valence-electron chi connectivity index (χ4n) is 7.23. The quantitative estimate of drug-likeness (QED) is 0.216. The number of hydrogen-bond acceptors (Lipinski definition) is 8. The van der Waals surface area contributed by atoms with Crippen LogP contribution in [0.5, 0.6) is 0 Å². The van der Waals surface area contributed by atoms with E-state index in [-0.39, 0.29) is 29.8 Å². The molecule has 4 atom stereocenters. The van der Waals surface area contributed by atoms with Gasteiger partial charge in [-0.2, -0.15) is 4.31 Å². The average molecular weight is 699 g/mol. The normalized spacial score (nSPS) is 20.9. The third-order valence-electron chi connectivity index (χ3n) is 9.60. The smallest absolute Gasteiger partial charge is 0.407 e. The van der Waals surface area contributed by atoms with Crippen molar-refractivity contribution in [2.75, 3.05) is 45.3 Å². The molecule has 2 saturated heterocycles. The van der Waals surface area contributed by atoms with Crippen LogP contribution in [0.25, 0.3) is 0 Å². The van der Waals surface area contributed by atoms with Crippen molar-refractivity contribution in [3.63, 3.8) is 0 Å². The summed E-state index contributed by atoms with van der Waals surface area (Å²) in [4.78, 5) is 26.2. The Labute approximate surface area is 286 Å². The molecular formula is C36H44F2N4O6S. The summed E-state index contributed by atoms with van der Waals surface area (Å²) in [7, 11) is -2.62. The molecule has 10 nitrogen and oxygen atoms in total. The Hall–Kier alpha value is -3.91. The predicted molar refractivity (Wildman–Crippen MR) is 182 cm³/mol. The Bertz CT molecular complexity index is 1670. The molecule has 0 saturated carbocycles. The number of carbonyl (C=O) groups excluding carboxylic acids is 2. The number of nitrogens with one attached hydrogen (secondary N) is 3. The van der Waals surface area contributed by atoms with Gasteiger partial charge in [0.2, 0.25) is 10.0 Å². The van der Waals surface area contributed by atoms with E-state index in [1.807, 2.05) is 6.92 Å². The van der Waals surface area contributed by atoms with Gasteiger partial charge in [-0.05, 0) is 80.5 Å². The zero-order chi connectivity index (χ0) is 35.0. The number of nitrogens with zero attached hydrogens (tertiary/aromatic N) is 1. The van der Waals surface area contributed by atoms with Gasteiger partial charge in [-0.25, -0.2) is 22.0 Å². The number of aldehydes is 1. The summed E-state index contributed by atoms with van der Waals surface area (Å²) in [6, 6.07) is 17.9. The molecule has 5 rings (SSSR count). The number of carbonyl (C=O) groups is 2. The lowest BCUT2D eigenvalue weighted by Gasteiger charge is -2.43. The van der Waals surface area contributed by atoms with E-state index in [1.165, 1.54) is 29.6 Å². The molecule has 0 aliphatic carbocycles. The molecule has 2 aliphatic rings. The van der Waals surface area contributed by atoms with Crippen LogP contribution in [-0.2, 0) is 30.7 Å². The molecule has 3 aromatic carbocycles. The fourth-order valence-corrected chi connectivity index (χ4v) is 9.10. The molecule has 0 spiro atoms. The van der Waals surface area contributed by atoms with Crippen LogP contribution in [0.15, 0.2) is 77.7 Å². The summed E-state index contributed by atoms with van der Waals surface area (Å²) in [5.41, 5.74) is -0.214. The number of anilines is 1. The molecule has 3 N–H and O–H groups in total. The zero-order valence-corrected chi connectivity index (χ0v) is 28.6. The van der Waals surface area contributed by atoms with E-state index in [0.717, 1.165) is 0 Å². The second-order valence-electron chi connectivity index (χ2n) is 12.7. The van der Waals surface area contributed by atoms with E-state index in [0.29, 0.717) is 68.7 Å². The topological polar surface area (TPSA) is 126 Å². The number of alkyl carbamates (subject to hydrolysis) is 1. The van der Waals surface area contributed by atoms with Gasteiger partial charge in [0, 0.05) is 62.1 Å². The Morgan fingerprint density at radius 3 is 2.45 bits per heavy atom. The molecule has 2 heterocycles. The molecule has 0 unspecified atom stereocenters. The van der Waals surface area contributed by atoms with E-state index in [9.17, 15) is 22.4 Å². The van der Waals surface area contributed by atoms with Crippen molar-refractivity contribution in [3.8, 4) is 0 Å². The minimum atomic E-state index is -3.82. The van der Waals surface area contributed by atoms with Gasteiger partial charge in [-0.3, -0.25) is 0 Å². The molecule has 0 aromatic heterocycles. The first-order valence-corrected chi connectivity index (χ1v) is 18.0. The molecule has 1 amide bonds. The van der Waals surface area contributed by atoms with Gasteiger partial charge in [-0.1, -0.05) is 36.4 Å². The van der Waals surface area contributed by atoms with Crippen molar-refractivity contribution in [3.05, 3.63) is 95.6 Å². The maximum atomic E-state index is 15.6. The molecule has 49 heavy (non-hydrogen) atoms. The molecular weight excluding hydrogens is 654 g/mol. The Morgan fingerprint density at radius 2 is 1.78 bits per heavy atom. The summed E-state index contributed by atoms with van der Waals surface area (Å²) in [6.07, 6.45) is 1.55. The number of halogens is 2. The first-order chi connectivity index (χ1) is 23.6. The highest BCUT2D eigenvalue weighted by Gasteiger charge is 2.46. The minimum Gasteiger partial charge on any atom is -0.453 e. The molecule has 3 aromatic rings. The third-order valence-corrected chi connectivity index (χ3v) is 11.7. The van der Waals surface area contributed by atoms with Crippen molar-refractivity contribution in [2.24, 2.45) is 5.92 Å². The first-order valence-electron chi connectivity index (χ1n) is 16.6. The van der Waals surface area contributed by atoms with Crippen molar-refractivity contribution in [1.82, 2.24) is 14.9 Å². The van der Waals surface area contributed by atoms with Gasteiger partial charge in [0.25, 0.3) is 0 Å². The molecule has 2 fully saturated rings. The van der Waals surface area contributed by atoms with Crippen LogP contribution in [0.2, 0.25) is 0 Å². The van der Waals surface area contributed by atoms with Crippen LogP contribution in [0.3, 0.4) is 0 Å².